The highest BCUT2D eigenvalue weighted by Gasteiger charge is 2.35. The minimum absolute atomic E-state index is 0.0456. The van der Waals surface area contributed by atoms with Gasteiger partial charge in [-0.15, -0.1) is 0 Å². The second-order valence-corrected chi connectivity index (χ2v) is 7.42. The van der Waals surface area contributed by atoms with Gasteiger partial charge in [0.1, 0.15) is 17.0 Å². The van der Waals surface area contributed by atoms with Crippen LogP contribution in [0, 0.1) is 0 Å². The minimum Gasteiger partial charge on any atom is -0.395 e. The number of imidazole rings is 1. The first-order chi connectivity index (χ1) is 13.4. The van der Waals surface area contributed by atoms with Gasteiger partial charge in [0.05, 0.1) is 18.3 Å². The minimum atomic E-state index is -4.14. The number of hydrogen-bond donors (Lipinski definition) is 2. The van der Waals surface area contributed by atoms with Crippen LogP contribution in [0.2, 0.25) is 0 Å². The molecule has 4 rings (SSSR count). The molecule has 152 valence electrons. The highest BCUT2D eigenvalue weighted by atomic mass is 19.4. The molecule has 0 aliphatic carbocycles. The molecule has 1 aliphatic rings. The third-order valence-electron chi connectivity index (χ3n) is 5.61. The van der Waals surface area contributed by atoms with Crippen molar-refractivity contribution in [2.24, 2.45) is 0 Å². The Labute approximate surface area is 160 Å². The molecule has 28 heavy (non-hydrogen) atoms. The van der Waals surface area contributed by atoms with Crippen molar-refractivity contribution in [3.8, 4) is 0 Å². The Bertz CT molecular complexity index is 964. The maximum absolute atomic E-state index is 12.5. The second kappa shape index (κ2) is 7.36. The number of fused-ring (bicyclic) bond motifs is 3. The molecule has 0 bridgehead atoms. The Kier molecular flexibility index (Phi) is 5.05. The number of nitrogens with one attached hydrogen (secondary N) is 1. The first-order valence-electron chi connectivity index (χ1n) is 9.65. The van der Waals surface area contributed by atoms with Crippen LogP contribution < -0.4 is 0 Å². The molecule has 0 aromatic carbocycles. The van der Waals surface area contributed by atoms with E-state index < -0.39 is 12.6 Å². The molecule has 0 unspecified atom stereocenters. The van der Waals surface area contributed by atoms with E-state index in [0.717, 1.165) is 34.3 Å². The van der Waals surface area contributed by atoms with Crippen molar-refractivity contribution in [1.82, 2.24) is 24.4 Å². The number of hydrogen-bond acceptors (Lipinski definition) is 4. The molecule has 2 atom stereocenters. The fourth-order valence-corrected chi connectivity index (χ4v) is 4.37. The van der Waals surface area contributed by atoms with Gasteiger partial charge in [-0.3, -0.25) is 4.90 Å². The fraction of sp³-hybridized carbons (Fsp3) is 0.579. The average Bonchev–Trinajstić information content (AvgIpc) is 3.35. The molecular formula is C19H24F3N5O. The van der Waals surface area contributed by atoms with E-state index in [1.165, 1.54) is 0 Å². The highest BCUT2D eigenvalue weighted by Crippen LogP contribution is 2.34. The largest absolute Gasteiger partial charge is 0.395 e. The number of aryl methyl sites for hydroxylation is 1. The zero-order chi connectivity index (χ0) is 19.9. The first kappa shape index (κ1) is 19.2. The number of aromatic amines is 1. The van der Waals surface area contributed by atoms with Gasteiger partial charge >= 0.3 is 6.18 Å². The van der Waals surface area contributed by atoms with Crippen molar-refractivity contribution < 1.29 is 18.3 Å². The van der Waals surface area contributed by atoms with Crippen molar-refractivity contribution in [3.05, 3.63) is 24.3 Å². The van der Waals surface area contributed by atoms with Gasteiger partial charge < -0.3 is 14.7 Å². The van der Waals surface area contributed by atoms with E-state index >= 15 is 0 Å². The Morgan fingerprint density at radius 2 is 2.18 bits per heavy atom. The van der Waals surface area contributed by atoms with Gasteiger partial charge in [-0.1, -0.05) is 6.92 Å². The lowest BCUT2D eigenvalue weighted by molar-refractivity contribution is -0.136. The van der Waals surface area contributed by atoms with Gasteiger partial charge in [-0.2, -0.15) is 13.2 Å². The predicted octanol–water partition coefficient (Wildman–Crippen LogP) is 3.43. The predicted molar refractivity (Wildman–Crippen MR) is 100 cm³/mol. The monoisotopic (exact) mass is 395 g/mol. The lowest BCUT2D eigenvalue weighted by Gasteiger charge is -2.22. The summed E-state index contributed by atoms with van der Waals surface area (Å²) in [7, 11) is 0. The number of alkyl halides is 3. The van der Waals surface area contributed by atoms with Crippen LogP contribution in [0.15, 0.2) is 18.5 Å². The number of H-pyrrole nitrogens is 1. The lowest BCUT2D eigenvalue weighted by atomic mass is 10.1. The average molecular weight is 395 g/mol. The summed E-state index contributed by atoms with van der Waals surface area (Å²) in [6.45, 7) is 2.92. The smallest absolute Gasteiger partial charge is 0.389 e. The molecule has 4 heterocycles. The van der Waals surface area contributed by atoms with Crippen LogP contribution in [0.5, 0.6) is 0 Å². The zero-order valence-corrected chi connectivity index (χ0v) is 15.7. The Hall–Kier alpha value is -2.13. The molecule has 0 amide bonds. The number of rotatable bonds is 6. The van der Waals surface area contributed by atoms with E-state index in [1.54, 1.807) is 6.20 Å². The summed E-state index contributed by atoms with van der Waals surface area (Å²) in [5.74, 6) is 0.935. The number of aliphatic hydroxyl groups excluding tert-OH is 1. The van der Waals surface area contributed by atoms with Gasteiger partial charge in [0.2, 0.25) is 0 Å². The van der Waals surface area contributed by atoms with Crippen LogP contribution in [0.4, 0.5) is 13.2 Å². The van der Waals surface area contributed by atoms with Crippen LogP contribution in [-0.4, -0.2) is 61.4 Å². The number of aromatic nitrogens is 4. The second-order valence-electron chi connectivity index (χ2n) is 7.42. The van der Waals surface area contributed by atoms with Gasteiger partial charge in [-0.25, -0.2) is 9.97 Å². The summed E-state index contributed by atoms with van der Waals surface area (Å²) in [5.41, 5.74) is 2.61. The van der Waals surface area contributed by atoms with Crippen molar-refractivity contribution in [2.75, 3.05) is 19.7 Å². The summed E-state index contributed by atoms with van der Waals surface area (Å²) in [6.07, 6.45) is 0.138. The number of nitrogens with zero attached hydrogens (tertiary/aromatic N) is 4. The van der Waals surface area contributed by atoms with Crippen molar-refractivity contribution in [3.63, 3.8) is 0 Å². The number of halogens is 3. The van der Waals surface area contributed by atoms with Gasteiger partial charge in [0.15, 0.2) is 0 Å². The Balaban J connectivity index is 1.65. The molecule has 0 spiro atoms. The molecule has 6 nitrogen and oxygen atoms in total. The normalized spacial score (nSPS) is 21.3. The van der Waals surface area contributed by atoms with Crippen molar-refractivity contribution in [2.45, 2.75) is 50.9 Å². The summed E-state index contributed by atoms with van der Waals surface area (Å²) in [4.78, 5) is 14.2. The van der Waals surface area contributed by atoms with Gasteiger partial charge in [0, 0.05) is 43.1 Å². The standard InChI is InChI=1S/C19H24F3N5O/c1-2-16-25-15-9-24-18-14(4-6-23-18)17(15)27(16)12-8-13(11-28)26(10-12)7-3-5-19(20,21)22/h4,6,9,12-13,28H,2-3,5,7-8,10-11H2,1H3,(H,23,24)/t12-,13+/m0/s1. The summed E-state index contributed by atoms with van der Waals surface area (Å²) in [5, 5.41) is 10.8. The topological polar surface area (TPSA) is 70.0 Å². The van der Waals surface area contributed by atoms with Gasteiger partial charge in [-0.05, 0) is 25.5 Å². The first-order valence-corrected chi connectivity index (χ1v) is 9.65. The third-order valence-corrected chi connectivity index (χ3v) is 5.61. The summed E-state index contributed by atoms with van der Waals surface area (Å²) >= 11 is 0. The van der Waals surface area contributed by atoms with Crippen LogP contribution in [0.1, 0.15) is 38.1 Å². The van der Waals surface area contributed by atoms with Crippen LogP contribution in [0.25, 0.3) is 22.1 Å². The lowest BCUT2D eigenvalue weighted by Crippen LogP contribution is -2.33. The SMILES string of the molecule is CCc1nc2cnc3[nH]ccc3c2n1[C@H]1C[C@H](CO)N(CCCC(F)(F)F)C1. The number of aliphatic hydroxyl groups is 1. The van der Waals surface area contributed by atoms with Crippen LogP contribution in [0.3, 0.4) is 0 Å². The molecule has 2 N–H and O–H groups in total. The maximum atomic E-state index is 12.5. The molecule has 0 radical (unpaired) electrons. The Morgan fingerprint density at radius 1 is 1.36 bits per heavy atom. The maximum Gasteiger partial charge on any atom is 0.389 e. The van der Waals surface area contributed by atoms with Crippen LogP contribution >= 0.6 is 0 Å². The number of likely N-dealkylation sites (tertiary alicyclic amines) is 1. The quantitative estimate of drug-likeness (QED) is 0.671. The van der Waals surface area contributed by atoms with Crippen LogP contribution in [-0.2, 0) is 6.42 Å². The molecule has 1 fully saturated rings. The van der Waals surface area contributed by atoms with Gasteiger partial charge in [0.25, 0.3) is 0 Å². The van der Waals surface area contributed by atoms with Crippen molar-refractivity contribution >= 4 is 22.1 Å². The van der Waals surface area contributed by atoms with Crippen molar-refractivity contribution in [1.29, 1.82) is 0 Å². The van der Waals surface area contributed by atoms with E-state index in [9.17, 15) is 18.3 Å². The van der Waals surface area contributed by atoms with E-state index in [4.69, 9.17) is 4.98 Å². The fourth-order valence-electron chi connectivity index (χ4n) is 4.37. The Morgan fingerprint density at radius 3 is 2.89 bits per heavy atom. The molecule has 1 saturated heterocycles. The molecule has 1 aliphatic heterocycles. The molecule has 0 saturated carbocycles. The van der Waals surface area contributed by atoms with E-state index in [1.807, 2.05) is 24.1 Å². The summed E-state index contributed by atoms with van der Waals surface area (Å²) in [6, 6.07) is 1.90. The van der Waals surface area contributed by atoms with E-state index in [-0.39, 0.29) is 25.1 Å². The highest BCUT2D eigenvalue weighted by molar-refractivity contribution is 6.01. The summed E-state index contributed by atoms with van der Waals surface area (Å²) < 4.78 is 39.7. The van der Waals surface area contributed by atoms with E-state index in [0.29, 0.717) is 19.5 Å². The molecular weight excluding hydrogens is 371 g/mol. The zero-order valence-electron chi connectivity index (χ0n) is 15.7. The third kappa shape index (κ3) is 3.48. The van der Waals surface area contributed by atoms with E-state index in [2.05, 4.69) is 14.5 Å². The molecule has 3 aromatic rings. The molecule has 9 heteroatoms. The molecule has 3 aromatic heterocycles. The number of pyridine rings is 1.